The van der Waals surface area contributed by atoms with Crippen molar-refractivity contribution < 1.29 is 10.2 Å². The van der Waals surface area contributed by atoms with E-state index in [-0.39, 0.29) is 13.2 Å². The minimum absolute atomic E-state index is 0.00595. The van der Waals surface area contributed by atoms with Crippen LogP contribution in [0.4, 0.5) is 0 Å². The molecule has 0 aliphatic heterocycles. The lowest BCUT2D eigenvalue weighted by Gasteiger charge is -2.24. The van der Waals surface area contributed by atoms with Gasteiger partial charge in [0.15, 0.2) is 0 Å². The largest absolute Gasteiger partial charge is 0.396 e. The van der Waals surface area contributed by atoms with E-state index in [4.69, 9.17) is 16.6 Å². The molecule has 0 unspecified atom stereocenters. The zero-order valence-corrected chi connectivity index (χ0v) is 9.44. The van der Waals surface area contributed by atoms with Gasteiger partial charge >= 0.3 is 0 Å². The van der Waals surface area contributed by atoms with Gasteiger partial charge in [-0.3, -0.25) is 0 Å². The quantitative estimate of drug-likeness (QED) is 0.394. The second kappa shape index (κ2) is 8.13. The molecule has 0 saturated heterocycles. The van der Waals surface area contributed by atoms with Gasteiger partial charge in [-0.15, -0.1) is 18.2 Å². The van der Waals surface area contributed by atoms with Gasteiger partial charge in [0.05, 0.1) is 19.0 Å². The molecule has 0 bridgehead atoms. The van der Waals surface area contributed by atoms with Gasteiger partial charge in [-0.1, -0.05) is 12.8 Å². The third kappa shape index (κ3) is 6.28. The van der Waals surface area contributed by atoms with E-state index in [0.29, 0.717) is 6.54 Å². The summed E-state index contributed by atoms with van der Waals surface area (Å²) < 4.78 is 0. The number of aliphatic hydroxyl groups excluding tert-OH is 2. The maximum Gasteiger partial charge on any atom is 0.0545 e. The number of thioether (sulfide) groups is 1. The number of hydrogen-bond acceptors (Lipinski definition) is 4. The fraction of sp³-hybridized carbons (Fsp3) is 0.800. The Morgan fingerprint density at radius 2 is 2.07 bits per heavy atom. The lowest BCUT2D eigenvalue weighted by molar-refractivity contribution is 0.0703. The van der Waals surface area contributed by atoms with Crippen molar-refractivity contribution in [1.82, 2.24) is 5.32 Å². The second-order valence-electron chi connectivity index (χ2n) is 3.56. The molecule has 0 rings (SSSR count). The van der Waals surface area contributed by atoms with Crippen LogP contribution in [0.15, 0.2) is 0 Å². The lowest BCUT2D eigenvalue weighted by atomic mass is 9.93. The van der Waals surface area contributed by atoms with Crippen molar-refractivity contribution in [1.29, 1.82) is 0 Å². The van der Waals surface area contributed by atoms with Gasteiger partial charge < -0.3 is 15.5 Å². The molecule has 0 atom stereocenters. The minimum atomic E-state index is -0.420. The van der Waals surface area contributed by atoms with Gasteiger partial charge in [0.2, 0.25) is 0 Å². The van der Waals surface area contributed by atoms with Crippen LogP contribution >= 0.6 is 11.8 Å². The van der Waals surface area contributed by atoms with Crippen molar-refractivity contribution in [3.8, 4) is 12.3 Å². The van der Waals surface area contributed by atoms with Gasteiger partial charge in [-0.2, -0.15) is 0 Å². The summed E-state index contributed by atoms with van der Waals surface area (Å²) >= 11 is 1.70. The van der Waals surface area contributed by atoms with Crippen LogP contribution in [0.2, 0.25) is 0 Å². The van der Waals surface area contributed by atoms with Gasteiger partial charge in [0, 0.05) is 24.3 Å². The lowest BCUT2D eigenvalue weighted by Crippen LogP contribution is -2.38. The first-order valence-corrected chi connectivity index (χ1v) is 5.77. The van der Waals surface area contributed by atoms with E-state index >= 15 is 0 Å². The zero-order valence-electron chi connectivity index (χ0n) is 8.62. The van der Waals surface area contributed by atoms with E-state index in [1.807, 2.05) is 6.92 Å². The highest BCUT2D eigenvalue weighted by molar-refractivity contribution is 7.99. The molecule has 82 valence electrons. The maximum absolute atomic E-state index is 8.99. The average molecular weight is 217 g/mol. The first kappa shape index (κ1) is 13.8. The molecule has 0 amide bonds. The number of terminal acetylenes is 1. The number of hydrogen-bond donors (Lipinski definition) is 3. The third-order valence-corrected chi connectivity index (χ3v) is 2.79. The summed E-state index contributed by atoms with van der Waals surface area (Å²) in [6.45, 7) is 3.30. The SMILES string of the molecule is C#CCSCCNCC(C)(CO)CO. The zero-order chi connectivity index (χ0) is 10.9. The fourth-order valence-electron chi connectivity index (χ4n) is 0.827. The van der Waals surface area contributed by atoms with Crippen LogP contribution in [-0.2, 0) is 0 Å². The molecule has 0 aromatic rings. The molecule has 3 N–H and O–H groups in total. The molecule has 0 aliphatic rings. The Labute approximate surface area is 90.3 Å². The number of rotatable bonds is 8. The summed E-state index contributed by atoms with van der Waals surface area (Å²) in [6, 6.07) is 0. The highest BCUT2D eigenvalue weighted by atomic mass is 32.2. The van der Waals surface area contributed by atoms with E-state index < -0.39 is 5.41 Å². The van der Waals surface area contributed by atoms with E-state index in [1.165, 1.54) is 0 Å². The van der Waals surface area contributed by atoms with E-state index in [9.17, 15) is 0 Å². The number of nitrogens with one attached hydrogen (secondary N) is 1. The van der Waals surface area contributed by atoms with Crippen LogP contribution in [0.1, 0.15) is 6.92 Å². The van der Waals surface area contributed by atoms with Gasteiger partial charge in [0.25, 0.3) is 0 Å². The molecular formula is C10H19NO2S. The molecule has 0 aliphatic carbocycles. The number of aliphatic hydroxyl groups is 2. The molecule has 0 heterocycles. The summed E-state index contributed by atoms with van der Waals surface area (Å²) in [5, 5.41) is 21.2. The van der Waals surface area contributed by atoms with Crippen molar-refractivity contribution in [2.75, 3.05) is 37.8 Å². The Kier molecular flexibility index (Phi) is 8.01. The minimum Gasteiger partial charge on any atom is -0.396 e. The van der Waals surface area contributed by atoms with E-state index in [2.05, 4.69) is 11.2 Å². The molecule has 0 spiro atoms. The van der Waals surface area contributed by atoms with Gasteiger partial charge in [-0.25, -0.2) is 0 Å². The van der Waals surface area contributed by atoms with Crippen molar-refractivity contribution in [3.63, 3.8) is 0 Å². The van der Waals surface area contributed by atoms with E-state index in [1.54, 1.807) is 11.8 Å². The van der Waals surface area contributed by atoms with Crippen LogP contribution in [0.3, 0.4) is 0 Å². The predicted molar refractivity (Wildman–Crippen MR) is 61.3 cm³/mol. The standard InChI is InChI=1S/C10H19NO2S/c1-3-5-14-6-4-11-7-10(2,8-12)9-13/h1,11-13H,4-9H2,2H3. The van der Waals surface area contributed by atoms with Gasteiger partial charge in [-0.05, 0) is 0 Å². The Bertz CT molecular complexity index is 175. The molecule has 0 saturated carbocycles. The monoisotopic (exact) mass is 217 g/mol. The molecule has 0 fully saturated rings. The molecular weight excluding hydrogens is 198 g/mol. The molecule has 4 heteroatoms. The van der Waals surface area contributed by atoms with Crippen LogP contribution in [0.5, 0.6) is 0 Å². The first-order valence-electron chi connectivity index (χ1n) is 4.62. The molecule has 0 aromatic carbocycles. The van der Waals surface area contributed by atoms with E-state index in [0.717, 1.165) is 18.1 Å². The first-order chi connectivity index (χ1) is 6.68. The second-order valence-corrected chi connectivity index (χ2v) is 4.67. The maximum atomic E-state index is 8.99. The Morgan fingerprint density at radius 1 is 1.43 bits per heavy atom. The summed E-state index contributed by atoms with van der Waals surface area (Å²) in [5.41, 5.74) is -0.420. The Morgan fingerprint density at radius 3 is 2.57 bits per heavy atom. The molecule has 0 aromatic heterocycles. The highest BCUT2D eigenvalue weighted by Gasteiger charge is 2.21. The van der Waals surface area contributed by atoms with Crippen molar-refractivity contribution in [3.05, 3.63) is 0 Å². The summed E-state index contributed by atoms with van der Waals surface area (Å²) in [6.07, 6.45) is 5.10. The Hall–Kier alpha value is -0.210. The topological polar surface area (TPSA) is 52.5 Å². The fourth-order valence-corrected chi connectivity index (χ4v) is 1.38. The van der Waals surface area contributed by atoms with Crippen molar-refractivity contribution in [2.45, 2.75) is 6.92 Å². The smallest absolute Gasteiger partial charge is 0.0545 e. The van der Waals surface area contributed by atoms with Crippen LogP contribution in [-0.4, -0.2) is 48.0 Å². The molecule has 3 nitrogen and oxygen atoms in total. The Balaban J connectivity index is 3.39. The normalized spacial score (nSPS) is 11.3. The van der Waals surface area contributed by atoms with Gasteiger partial charge in [0.1, 0.15) is 0 Å². The predicted octanol–water partition coefficient (Wildman–Crippen LogP) is -0.0667. The van der Waals surface area contributed by atoms with Crippen LogP contribution < -0.4 is 5.32 Å². The summed E-state index contributed by atoms with van der Waals surface area (Å²) in [5.74, 6) is 4.24. The van der Waals surface area contributed by atoms with Crippen LogP contribution in [0, 0.1) is 17.8 Å². The summed E-state index contributed by atoms with van der Waals surface area (Å²) in [7, 11) is 0. The average Bonchev–Trinajstić information content (AvgIpc) is 2.23. The third-order valence-electron chi connectivity index (χ3n) is 1.92. The molecule has 0 radical (unpaired) electrons. The van der Waals surface area contributed by atoms with Crippen molar-refractivity contribution >= 4 is 11.8 Å². The molecule has 14 heavy (non-hydrogen) atoms. The van der Waals surface area contributed by atoms with Crippen LogP contribution in [0.25, 0.3) is 0 Å². The van der Waals surface area contributed by atoms with Crippen molar-refractivity contribution in [2.24, 2.45) is 5.41 Å². The summed E-state index contributed by atoms with van der Waals surface area (Å²) in [4.78, 5) is 0. The highest BCUT2D eigenvalue weighted by Crippen LogP contribution is 2.11.